The second-order valence-corrected chi connectivity index (χ2v) is 5.44. The average molecular weight is 373 g/mol. The molecule has 0 aliphatic heterocycles. The van der Waals surface area contributed by atoms with E-state index in [1.54, 1.807) is 30.3 Å². The minimum absolute atomic E-state index is 0.167. The van der Waals surface area contributed by atoms with Crippen LogP contribution >= 0.6 is 0 Å². The standard InChI is InChI=1S/C17H15N3O7/c1-11(21)18(13-6-4-3-5-7-13)17(27-12(2)22)15-9-8-14(19(23)24)10-16(15)20(25)26/h3-10,17H,1-2H3/t17-/m0/s1. The number of rotatable bonds is 6. The molecule has 0 aromatic heterocycles. The van der Waals surface area contributed by atoms with E-state index in [4.69, 9.17) is 4.74 Å². The summed E-state index contributed by atoms with van der Waals surface area (Å²) in [5.41, 5.74) is -0.970. The number of esters is 1. The third-order valence-corrected chi connectivity index (χ3v) is 3.57. The topological polar surface area (TPSA) is 133 Å². The number of nitrogens with zero attached hydrogens (tertiary/aromatic N) is 3. The van der Waals surface area contributed by atoms with Crippen molar-refractivity contribution in [3.8, 4) is 0 Å². The van der Waals surface area contributed by atoms with Crippen LogP contribution in [0.25, 0.3) is 0 Å². The predicted molar refractivity (Wildman–Crippen MR) is 93.9 cm³/mol. The number of para-hydroxylation sites is 1. The molecule has 0 heterocycles. The Morgan fingerprint density at radius 1 is 1.00 bits per heavy atom. The average Bonchev–Trinajstić information content (AvgIpc) is 2.60. The van der Waals surface area contributed by atoms with Crippen LogP contribution < -0.4 is 4.90 Å². The Labute approximate surface area is 153 Å². The van der Waals surface area contributed by atoms with Crippen molar-refractivity contribution in [2.45, 2.75) is 20.1 Å². The predicted octanol–water partition coefficient (Wildman–Crippen LogP) is 3.12. The van der Waals surface area contributed by atoms with Crippen LogP contribution in [0.2, 0.25) is 0 Å². The normalized spacial score (nSPS) is 11.3. The summed E-state index contributed by atoms with van der Waals surface area (Å²) in [7, 11) is 0. The van der Waals surface area contributed by atoms with Crippen molar-refractivity contribution in [1.82, 2.24) is 0 Å². The minimum atomic E-state index is -1.47. The van der Waals surface area contributed by atoms with Crippen LogP contribution in [0.3, 0.4) is 0 Å². The van der Waals surface area contributed by atoms with Gasteiger partial charge in [0.1, 0.15) is 0 Å². The van der Waals surface area contributed by atoms with E-state index in [-0.39, 0.29) is 5.56 Å². The number of hydrogen-bond donors (Lipinski definition) is 0. The molecule has 2 aromatic rings. The Kier molecular flexibility index (Phi) is 5.81. The third-order valence-electron chi connectivity index (χ3n) is 3.57. The Bertz CT molecular complexity index is 899. The Hall–Kier alpha value is -3.82. The van der Waals surface area contributed by atoms with Gasteiger partial charge in [0.25, 0.3) is 11.4 Å². The Morgan fingerprint density at radius 3 is 2.11 bits per heavy atom. The van der Waals surface area contributed by atoms with Crippen molar-refractivity contribution in [3.63, 3.8) is 0 Å². The molecule has 0 saturated heterocycles. The summed E-state index contributed by atoms with van der Waals surface area (Å²) in [5, 5.41) is 22.4. The molecule has 10 nitrogen and oxygen atoms in total. The van der Waals surface area contributed by atoms with Gasteiger partial charge in [-0.2, -0.15) is 0 Å². The molecular formula is C17H15N3O7. The number of amides is 1. The first-order chi connectivity index (χ1) is 12.7. The van der Waals surface area contributed by atoms with Crippen molar-refractivity contribution in [1.29, 1.82) is 0 Å². The van der Waals surface area contributed by atoms with Gasteiger partial charge in [-0.3, -0.25) is 34.7 Å². The molecule has 2 rings (SSSR count). The van der Waals surface area contributed by atoms with Gasteiger partial charge < -0.3 is 4.74 Å². The van der Waals surface area contributed by atoms with Crippen molar-refractivity contribution in [2.75, 3.05) is 4.90 Å². The highest BCUT2D eigenvalue weighted by Crippen LogP contribution is 2.36. The minimum Gasteiger partial charge on any atom is -0.437 e. The van der Waals surface area contributed by atoms with E-state index in [0.29, 0.717) is 5.69 Å². The molecule has 1 atom stereocenters. The van der Waals surface area contributed by atoms with Crippen LogP contribution in [0.15, 0.2) is 48.5 Å². The fraction of sp³-hybridized carbons (Fsp3) is 0.176. The van der Waals surface area contributed by atoms with E-state index in [9.17, 15) is 29.8 Å². The van der Waals surface area contributed by atoms with Gasteiger partial charge in [-0.15, -0.1) is 0 Å². The molecule has 10 heteroatoms. The highest BCUT2D eigenvalue weighted by Gasteiger charge is 2.34. The first-order valence-corrected chi connectivity index (χ1v) is 7.67. The van der Waals surface area contributed by atoms with E-state index < -0.39 is 39.3 Å². The summed E-state index contributed by atoms with van der Waals surface area (Å²) in [6.45, 7) is 2.30. The summed E-state index contributed by atoms with van der Waals surface area (Å²) in [6, 6.07) is 11.0. The quantitative estimate of drug-likeness (QED) is 0.329. The molecule has 140 valence electrons. The highest BCUT2D eigenvalue weighted by molar-refractivity contribution is 5.92. The fourth-order valence-electron chi connectivity index (χ4n) is 2.50. The van der Waals surface area contributed by atoms with Crippen molar-refractivity contribution < 1.29 is 24.2 Å². The molecule has 2 aromatic carbocycles. The van der Waals surface area contributed by atoms with Crippen LogP contribution in [0, 0.1) is 20.2 Å². The smallest absolute Gasteiger partial charge is 0.304 e. The van der Waals surface area contributed by atoms with Crippen LogP contribution in [-0.4, -0.2) is 21.7 Å². The Morgan fingerprint density at radius 2 is 1.63 bits per heavy atom. The van der Waals surface area contributed by atoms with E-state index in [1.807, 2.05) is 0 Å². The zero-order valence-electron chi connectivity index (χ0n) is 14.4. The number of carbonyl (C=O) groups is 2. The molecule has 0 unspecified atom stereocenters. The monoisotopic (exact) mass is 373 g/mol. The Balaban J connectivity index is 2.69. The van der Waals surface area contributed by atoms with Crippen molar-refractivity contribution >= 4 is 28.9 Å². The van der Waals surface area contributed by atoms with Crippen molar-refractivity contribution in [3.05, 3.63) is 74.3 Å². The zero-order valence-corrected chi connectivity index (χ0v) is 14.4. The van der Waals surface area contributed by atoms with E-state index in [0.717, 1.165) is 30.0 Å². The van der Waals surface area contributed by atoms with Gasteiger partial charge in [0.2, 0.25) is 12.1 Å². The second-order valence-electron chi connectivity index (χ2n) is 5.44. The van der Waals surface area contributed by atoms with Gasteiger partial charge in [0.05, 0.1) is 21.5 Å². The van der Waals surface area contributed by atoms with Gasteiger partial charge in [-0.1, -0.05) is 18.2 Å². The number of ether oxygens (including phenoxy) is 1. The van der Waals surface area contributed by atoms with Crippen molar-refractivity contribution in [2.24, 2.45) is 0 Å². The fourth-order valence-corrected chi connectivity index (χ4v) is 2.50. The number of nitro groups is 2. The van der Waals surface area contributed by atoms with E-state index in [2.05, 4.69) is 0 Å². The van der Waals surface area contributed by atoms with Crippen LogP contribution in [0.1, 0.15) is 25.6 Å². The highest BCUT2D eigenvalue weighted by atomic mass is 16.6. The SMILES string of the molecule is CC(=O)O[C@@H](c1ccc([N+](=O)[O-])cc1[N+](=O)[O-])N(C(C)=O)c1ccccc1. The second kappa shape index (κ2) is 8.04. The largest absolute Gasteiger partial charge is 0.437 e. The molecule has 0 fully saturated rings. The summed E-state index contributed by atoms with van der Waals surface area (Å²) in [6.07, 6.45) is -1.47. The van der Waals surface area contributed by atoms with Gasteiger partial charge in [0, 0.05) is 25.6 Å². The summed E-state index contributed by atoms with van der Waals surface area (Å²) in [4.78, 5) is 45.7. The number of hydrogen-bond acceptors (Lipinski definition) is 7. The molecule has 0 bridgehead atoms. The number of nitro benzene ring substituents is 2. The number of non-ortho nitro benzene ring substituents is 1. The van der Waals surface area contributed by atoms with Gasteiger partial charge in [-0.25, -0.2) is 0 Å². The summed E-state index contributed by atoms with van der Waals surface area (Å²) >= 11 is 0. The maximum atomic E-state index is 12.3. The molecule has 0 radical (unpaired) electrons. The van der Waals surface area contributed by atoms with Crippen LogP contribution in [0.5, 0.6) is 0 Å². The third kappa shape index (κ3) is 4.42. The molecule has 0 aliphatic carbocycles. The van der Waals surface area contributed by atoms with Crippen LogP contribution in [0.4, 0.5) is 17.1 Å². The molecule has 0 N–H and O–H groups in total. The molecule has 27 heavy (non-hydrogen) atoms. The lowest BCUT2D eigenvalue weighted by molar-refractivity contribution is -0.394. The first kappa shape index (κ1) is 19.5. The zero-order chi connectivity index (χ0) is 20.1. The maximum absolute atomic E-state index is 12.3. The van der Waals surface area contributed by atoms with Crippen LogP contribution in [-0.2, 0) is 14.3 Å². The van der Waals surface area contributed by atoms with Gasteiger partial charge >= 0.3 is 5.97 Å². The summed E-state index contributed by atoms with van der Waals surface area (Å²) in [5.74, 6) is -1.32. The maximum Gasteiger partial charge on any atom is 0.304 e. The molecular weight excluding hydrogens is 358 g/mol. The van der Waals surface area contributed by atoms with E-state index >= 15 is 0 Å². The lowest BCUT2D eigenvalue weighted by atomic mass is 10.1. The molecule has 0 saturated carbocycles. The molecule has 0 spiro atoms. The number of benzene rings is 2. The number of anilines is 1. The first-order valence-electron chi connectivity index (χ1n) is 7.67. The molecule has 1 amide bonds. The lowest BCUT2D eigenvalue weighted by Crippen LogP contribution is -2.36. The summed E-state index contributed by atoms with van der Waals surface area (Å²) < 4.78 is 5.20. The lowest BCUT2D eigenvalue weighted by Gasteiger charge is -2.30. The molecule has 0 aliphatic rings. The number of carbonyl (C=O) groups excluding carboxylic acids is 2. The van der Waals surface area contributed by atoms with Gasteiger partial charge in [-0.05, 0) is 18.2 Å². The van der Waals surface area contributed by atoms with Gasteiger partial charge in [0.15, 0.2) is 0 Å². The van der Waals surface area contributed by atoms with E-state index in [1.165, 1.54) is 6.92 Å².